The lowest BCUT2D eigenvalue weighted by Crippen LogP contribution is -2.27. The lowest BCUT2D eigenvalue weighted by Gasteiger charge is -2.23. The molecule has 30 heavy (non-hydrogen) atoms. The van der Waals surface area contributed by atoms with Crippen molar-refractivity contribution in [2.24, 2.45) is 5.92 Å². The Morgan fingerprint density at radius 1 is 1.23 bits per heavy atom. The molecule has 0 spiro atoms. The van der Waals surface area contributed by atoms with Crippen LogP contribution in [0.1, 0.15) is 32.0 Å². The zero-order chi connectivity index (χ0) is 20.9. The lowest BCUT2D eigenvalue weighted by atomic mass is 10.1. The summed E-state index contributed by atoms with van der Waals surface area (Å²) in [6.07, 6.45) is 3.43. The molecule has 1 aliphatic heterocycles. The Balaban J connectivity index is 1.41. The number of nitrogens with zero attached hydrogens (tertiary/aromatic N) is 2. The fraction of sp³-hybridized carbons (Fsp3) is 0.417. The molecule has 6 nitrogen and oxygen atoms in total. The van der Waals surface area contributed by atoms with Crippen molar-refractivity contribution in [3.05, 3.63) is 54.4 Å². The van der Waals surface area contributed by atoms with Gasteiger partial charge < -0.3 is 19.4 Å². The zero-order valence-electron chi connectivity index (χ0n) is 17.6. The van der Waals surface area contributed by atoms with Gasteiger partial charge in [-0.25, -0.2) is 4.98 Å². The van der Waals surface area contributed by atoms with Crippen molar-refractivity contribution in [1.29, 1.82) is 0 Å². The predicted octanol–water partition coefficient (Wildman–Crippen LogP) is 4.57. The maximum absolute atomic E-state index is 12.9. The van der Waals surface area contributed by atoms with E-state index in [-0.39, 0.29) is 17.9 Å². The van der Waals surface area contributed by atoms with Crippen molar-refractivity contribution >= 4 is 22.6 Å². The van der Waals surface area contributed by atoms with Crippen molar-refractivity contribution in [3.63, 3.8) is 0 Å². The molecule has 0 aliphatic carbocycles. The molecule has 0 unspecified atom stereocenters. The van der Waals surface area contributed by atoms with E-state index in [2.05, 4.69) is 14.9 Å². The minimum absolute atomic E-state index is 0.0443. The van der Waals surface area contributed by atoms with E-state index >= 15 is 0 Å². The number of carbonyl (C=O) groups is 1. The third kappa shape index (κ3) is 4.65. The highest BCUT2D eigenvalue weighted by Crippen LogP contribution is 2.26. The van der Waals surface area contributed by atoms with E-state index in [1.807, 2.05) is 62.4 Å². The molecule has 1 aromatic heterocycles. The van der Waals surface area contributed by atoms with Gasteiger partial charge in [0.05, 0.1) is 28.7 Å². The number of hydrogen-bond donors (Lipinski definition) is 1. The monoisotopic (exact) mass is 407 g/mol. The molecule has 6 heteroatoms. The second-order valence-corrected chi connectivity index (χ2v) is 7.94. The van der Waals surface area contributed by atoms with Gasteiger partial charge in [0, 0.05) is 13.2 Å². The average Bonchev–Trinajstić information content (AvgIpc) is 3.09. The summed E-state index contributed by atoms with van der Waals surface area (Å²) in [5, 5.41) is 3.04. The predicted molar refractivity (Wildman–Crippen MR) is 118 cm³/mol. The number of amides is 1. The second-order valence-electron chi connectivity index (χ2n) is 7.94. The number of rotatable bonds is 7. The molecule has 2 aromatic carbocycles. The van der Waals surface area contributed by atoms with E-state index in [0.717, 1.165) is 36.3 Å². The molecule has 1 aliphatic rings. The highest BCUT2D eigenvalue weighted by atomic mass is 16.5. The van der Waals surface area contributed by atoms with Gasteiger partial charge in [0.25, 0.3) is 0 Å². The van der Waals surface area contributed by atoms with Crippen LogP contribution in [-0.2, 0) is 16.1 Å². The van der Waals surface area contributed by atoms with E-state index in [4.69, 9.17) is 9.47 Å². The second kappa shape index (κ2) is 9.30. The SMILES string of the molecule is Cc1nc2ccccc2n1C[C@H](C)C(=O)Nc1ccccc1OC[C@@H]1CCCCO1. The van der Waals surface area contributed by atoms with Crippen molar-refractivity contribution < 1.29 is 14.3 Å². The minimum atomic E-state index is -0.226. The molecule has 0 bridgehead atoms. The Labute approximate surface area is 177 Å². The van der Waals surface area contributed by atoms with Gasteiger partial charge in [-0.05, 0) is 50.5 Å². The molecule has 1 N–H and O–H groups in total. The van der Waals surface area contributed by atoms with Crippen LogP contribution >= 0.6 is 0 Å². The van der Waals surface area contributed by atoms with E-state index in [1.165, 1.54) is 6.42 Å². The summed E-state index contributed by atoms with van der Waals surface area (Å²) in [4.78, 5) is 17.5. The molecular formula is C24H29N3O3. The summed E-state index contributed by atoms with van der Waals surface area (Å²) in [6.45, 7) is 5.77. The highest BCUT2D eigenvalue weighted by Gasteiger charge is 2.19. The maximum Gasteiger partial charge on any atom is 0.229 e. The average molecular weight is 408 g/mol. The summed E-state index contributed by atoms with van der Waals surface area (Å²) < 4.78 is 13.8. The fourth-order valence-electron chi connectivity index (χ4n) is 3.86. The quantitative estimate of drug-likeness (QED) is 0.623. The number of anilines is 1. The van der Waals surface area contributed by atoms with Crippen LogP contribution < -0.4 is 10.1 Å². The Hall–Kier alpha value is -2.86. The number of aryl methyl sites for hydroxylation is 1. The third-order valence-corrected chi connectivity index (χ3v) is 5.59. The van der Waals surface area contributed by atoms with Gasteiger partial charge in [0.2, 0.25) is 5.91 Å². The molecule has 0 saturated carbocycles. The van der Waals surface area contributed by atoms with Crippen LogP contribution in [0.25, 0.3) is 11.0 Å². The molecule has 158 valence electrons. The Morgan fingerprint density at radius 2 is 2.03 bits per heavy atom. The Bertz CT molecular complexity index is 1010. The standard InChI is InChI=1S/C24H29N3O3/c1-17(15-27-18(2)25-20-10-3-5-12-22(20)27)24(28)26-21-11-4-6-13-23(21)30-16-19-9-7-8-14-29-19/h3-6,10-13,17,19H,7-9,14-16H2,1-2H3,(H,26,28)/t17-,19-/m0/s1. The highest BCUT2D eigenvalue weighted by molar-refractivity contribution is 5.93. The van der Waals surface area contributed by atoms with Crippen LogP contribution in [0.2, 0.25) is 0 Å². The number of aromatic nitrogens is 2. The molecule has 3 aromatic rings. The fourth-order valence-corrected chi connectivity index (χ4v) is 3.86. The number of carbonyl (C=O) groups excluding carboxylic acids is 1. The van der Waals surface area contributed by atoms with Crippen molar-refractivity contribution in [3.8, 4) is 5.75 Å². The number of hydrogen-bond acceptors (Lipinski definition) is 4. The smallest absolute Gasteiger partial charge is 0.229 e. The van der Waals surface area contributed by atoms with Crippen LogP contribution in [0, 0.1) is 12.8 Å². The van der Waals surface area contributed by atoms with Crippen molar-refractivity contribution in [2.45, 2.75) is 45.8 Å². The third-order valence-electron chi connectivity index (χ3n) is 5.59. The van der Waals surface area contributed by atoms with Gasteiger partial charge in [-0.2, -0.15) is 0 Å². The van der Waals surface area contributed by atoms with Crippen molar-refractivity contribution in [1.82, 2.24) is 9.55 Å². The van der Waals surface area contributed by atoms with Gasteiger partial charge in [-0.15, -0.1) is 0 Å². The summed E-state index contributed by atoms with van der Waals surface area (Å²) in [7, 11) is 0. The number of benzene rings is 2. The summed E-state index contributed by atoms with van der Waals surface area (Å²) in [5.41, 5.74) is 2.69. The maximum atomic E-state index is 12.9. The zero-order valence-corrected chi connectivity index (χ0v) is 17.6. The number of imidazole rings is 1. The van der Waals surface area contributed by atoms with Gasteiger partial charge in [0.1, 0.15) is 18.2 Å². The van der Waals surface area contributed by atoms with Crippen molar-refractivity contribution in [2.75, 3.05) is 18.5 Å². The number of nitrogens with one attached hydrogen (secondary N) is 1. The first kappa shape index (κ1) is 20.4. The molecule has 2 heterocycles. The number of para-hydroxylation sites is 4. The Morgan fingerprint density at radius 3 is 2.87 bits per heavy atom. The summed E-state index contributed by atoms with van der Waals surface area (Å²) in [5.74, 6) is 1.32. The molecule has 1 saturated heterocycles. The molecule has 1 amide bonds. The lowest BCUT2D eigenvalue weighted by molar-refractivity contribution is -0.119. The van der Waals surface area contributed by atoms with E-state index in [9.17, 15) is 4.79 Å². The normalized spacial score (nSPS) is 17.6. The first-order chi connectivity index (χ1) is 14.6. The summed E-state index contributed by atoms with van der Waals surface area (Å²) >= 11 is 0. The van der Waals surface area contributed by atoms with Gasteiger partial charge in [-0.1, -0.05) is 31.2 Å². The first-order valence-corrected chi connectivity index (χ1v) is 10.7. The van der Waals surface area contributed by atoms with Crippen LogP contribution in [0.5, 0.6) is 5.75 Å². The number of ether oxygens (including phenoxy) is 2. The molecule has 0 radical (unpaired) electrons. The van der Waals surface area contributed by atoms with E-state index in [1.54, 1.807) is 0 Å². The molecule has 1 fully saturated rings. The van der Waals surface area contributed by atoms with E-state index in [0.29, 0.717) is 24.6 Å². The van der Waals surface area contributed by atoms with Crippen LogP contribution in [0.3, 0.4) is 0 Å². The van der Waals surface area contributed by atoms with Crippen LogP contribution in [0.4, 0.5) is 5.69 Å². The van der Waals surface area contributed by atoms with Crippen LogP contribution in [0.15, 0.2) is 48.5 Å². The first-order valence-electron chi connectivity index (χ1n) is 10.7. The molecule has 2 atom stereocenters. The van der Waals surface area contributed by atoms with Gasteiger partial charge >= 0.3 is 0 Å². The van der Waals surface area contributed by atoms with E-state index < -0.39 is 0 Å². The topological polar surface area (TPSA) is 65.4 Å². The number of fused-ring (bicyclic) bond motifs is 1. The van der Waals surface area contributed by atoms with Gasteiger partial charge in [0.15, 0.2) is 0 Å². The van der Waals surface area contributed by atoms with Gasteiger partial charge in [-0.3, -0.25) is 4.79 Å². The van der Waals surface area contributed by atoms with Crippen LogP contribution in [-0.4, -0.2) is 34.8 Å². The summed E-state index contributed by atoms with van der Waals surface area (Å²) in [6, 6.07) is 15.6. The molecule has 4 rings (SSSR count). The molecular weight excluding hydrogens is 378 g/mol. The Kier molecular flexibility index (Phi) is 6.33. The largest absolute Gasteiger partial charge is 0.489 e. The minimum Gasteiger partial charge on any atom is -0.489 e.